The molecular weight excluding hydrogens is 452 g/mol. The van der Waals surface area contributed by atoms with Gasteiger partial charge in [0, 0.05) is 43.7 Å². The van der Waals surface area contributed by atoms with Crippen molar-refractivity contribution < 1.29 is 4.42 Å². The molecule has 0 bridgehead atoms. The molecule has 3 aromatic heterocycles. The van der Waals surface area contributed by atoms with E-state index in [1.165, 1.54) is 32.6 Å². The number of H-pyrrole nitrogens is 1. The maximum Gasteiger partial charge on any atom is 0.145 e. The van der Waals surface area contributed by atoms with Gasteiger partial charge in [0.25, 0.3) is 0 Å². The number of nitrogens with zero attached hydrogens (tertiary/aromatic N) is 1. The Morgan fingerprint density at radius 3 is 2.24 bits per heavy atom. The second kappa shape index (κ2) is 7.04. The molecule has 5 aromatic carbocycles. The number of para-hydroxylation sites is 2. The first-order valence-corrected chi connectivity index (χ1v) is 12.9. The van der Waals surface area contributed by atoms with Crippen LogP contribution in [0.2, 0.25) is 0 Å². The number of nitrogens with one attached hydrogen (secondary N) is 1. The van der Waals surface area contributed by atoms with Crippen molar-refractivity contribution in [2.45, 2.75) is 26.2 Å². The zero-order valence-electron chi connectivity index (χ0n) is 21.1. The molecule has 0 fully saturated rings. The third kappa shape index (κ3) is 2.77. The molecule has 0 spiro atoms. The van der Waals surface area contributed by atoms with Gasteiger partial charge in [-0.1, -0.05) is 69.3 Å². The SMILES string of the molecule is CC(C)(C)c1ccc2c(c1)oc1c2ccc2c1c1ccc3[nH]c4ccccc4c3c1n2-c1ccccc1. The maximum atomic E-state index is 6.72. The fourth-order valence-corrected chi connectivity index (χ4v) is 6.07. The number of rotatable bonds is 1. The molecule has 0 amide bonds. The van der Waals surface area contributed by atoms with Crippen molar-refractivity contribution in [2.75, 3.05) is 0 Å². The molecular formula is C34H26N2O. The second-order valence-corrected chi connectivity index (χ2v) is 11.1. The van der Waals surface area contributed by atoms with Crippen molar-refractivity contribution in [3.8, 4) is 5.69 Å². The van der Waals surface area contributed by atoms with Crippen LogP contribution < -0.4 is 0 Å². The van der Waals surface area contributed by atoms with E-state index in [9.17, 15) is 0 Å². The van der Waals surface area contributed by atoms with Crippen molar-refractivity contribution >= 4 is 65.6 Å². The Balaban J connectivity index is 1.61. The van der Waals surface area contributed by atoms with E-state index in [1.807, 2.05) is 0 Å². The molecule has 0 radical (unpaired) electrons. The molecule has 0 saturated heterocycles. The van der Waals surface area contributed by atoms with E-state index in [2.05, 4.69) is 127 Å². The van der Waals surface area contributed by atoms with Crippen LogP contribution in [0, 0.1) is 0 Å². The Bertz CT molecular complexity index is 2170. The Morgan fingerprint density at radius 1 is 0.649 bits per heavy atom. The van der Waals surface area contributed by atoms with Gasteiger partial charge in [0.2, 0.25) is 0 Å². The number of hydrogen-bond donors (Lipinski definition) is 1. The average molecular weight is 479 g/mol. The predicted octanol–water partition coefficient (Wildman–Crippen LogP) is 9.62. The highest BCUT2D eigenvalue weighted by Gasteiger charge is 2.22. The summed E-state index contributed by atoms with van der Waals surface area (Å²) in [5.41, 5.74) is 9.05. The largest absolute Gasteiger partial charge is 0.455 e. The normalized spacial score (nSPS) is 12.7. The highest BCUT2D eigenvalue weighted by Crippen LogP contribution is 2.44. The van der Waals surface area contributed by atoms with Gasteiger partial charge in [0.15, 0.2) is 0 Å². The molecule has 3 nitrogen and oxygen atoms in total. The molecule has 0 atom stereocenters. The smallest absolute Gasteiger partial charge is 0.145 e. The van der Waals surface area contributed by atoms with Crippen LogP contribution in [-0.4, -0.2) is 9.55 Å². The predicted molar refractivity (Wildman–Crippen MR) is 156 cm³/mol. The van der Waals surface area contributed by atoms with E-state index in [-0.39, 0.29) is 5.41 Å². The Kier molecular flexibility index (Phi) is 3.93. The van der Waals surface area contributed by atoms with Crippen molar-refractivity contribution in [2.24, 2.45) is 0 Å². The van der Waals surface area contributed by atoms with Crippen LogP contribution in [0.5, 0.6) is 0 Å². The zero-order chi connectivity index (χ0) is 24.9. The first-order valence-electron chi connectivity index (χ1n) is 12.9. The Labute approximate surface area is 213 Å². The van der Waals surface area contributed by atoms with Gasteiger partial charge in [-0.2, -0.15) is 0 Å². The van der Waals surface area contributed by atoms with Gasteiger partial charge < -0.3 is 14.0 Å². The van der Waals surface area contributed by atoms with Gasteiger partial charge in [-0.15, -0.1) is 0 Å². The molecule has 0 aliphatic rings. The molecule has 0 aliphatic heterocycles. The zero-order valence-corrected chi connectivity index (χ0v) is 21.1. The minimum Gasteiger partial charge on any atom is -0.455 e. The summed E-state index contributed by atoms with van der Waals surface area (Å²) in [6.45, 7) is 6.73. The summed E-state index contributed by atoms with van der Waals surface area (Å²) >= 11 is 0. The first-order chi connectivity index (χ1) is 18.0. The number of aromatic nitrogens is 2. The molecule has 0 saturated carbocycles. The topological polar surface area (TPSA) is 33.9 Å². The van der Waals surface area contributed by atoms with Crippen LogP contribution in [0.25, 0.3) is 71.2 Å². The van der Waals surface area contributed by atoms with Gasteiger partial charge in [-0.05, 0) is 59.5 Å². The Hall–Kier alpha value is -4.50. The molecule has 3 heterocycles. The molecule has 8 aromatic rings. The fourth-order valence-electron chi connectivity index (χ4n) is 6.07. The Morgan fingerprint density at radius 2 is 1.41 bits per heavy atom. The summed E-state index contributed by atoms with van der Waals surface area (Å²) in [5.74, 6) is 0. The lowest BCUT2D eigenvalue weighted by molar-refractivity contribution is 0.588. The fraction of sp³-hybridized carbons (Fsp3) is 0.118. The molecule has 0 unspecified atom stereocenters. The number of hydrogen-bond acceptors (Lipinski definition) is 1. The van der Waals surface area contributed by atoms with E-state index in [1.54, 1.807) is 0 Å². The monoisotopic (exact) mass is 478 g/mol. The van der Waals surface area contributed by atoms with Crippen LogP contribution in [-0.2, 0) is 5.41 Å². The summed E-state index contributed by atoms with van der Waals surface area (Å²) in [4.78, 5) is 3.64. The van der Waals surface area contributed by atoms with E-state index in [0.29, 0.717) is 0 Å². The van der Waals surface area contributed by atoms with Crippen LogP contribution in [0.15, 0.2) is 101 Å². The van der Waals surface area contributed by atoms with Gasteiger partial charge in [-0.25, -0.2) is 0 Å². The lowest BCUT2D eigenvalue weighted by Crippen LogP contribution is -2.10. The quantitative estimate of drug-likeness (QED) is 0.250. The summed E-state index contributed by atoms with van der Waals surface area (Å²) in [5, 5.41) is 7.17. The van der Waals surface area contributed by atoms with Crippen LogP contribution in [0.3, 0.4) is 0 Å². The van der Waals surface area contributed by atoms with Gasteiger partial charge in [0.05, 0.1) is 16.4 Å². The van der Waals surface area contributed by atoms with Crippen molar-refractivity contribution in [3.63, 3.8) is 0 Å². The maximum absolute atomic E-state index is 6.72. The highest BCUT2D eigenvalue weighted by molar-refractivity contribution is 6.30. The molecule has 37 heavy (non-hydrogen) atoms. The van der Waals surface area contributed by atoms with Gasteiger partial charge in [-0.3, -0.25) is 0 Å². The van der Waals surface area contributed by atoms with Crippen molar-refractivity contribution in [1.29, 1.82) is 0 Å². The number of fused-ring (bicyclic) bond motifs is 11. The van der Waals surface area contributed by atoms with E-state index in [0.717, 1.165) is 44.2 Å². The average Bonchev–Trinajstić information content (AvgIpc) is 3.56. The minimum absolute atomic E-state index is 0.0623. The van der Waals surface area contributed by atoms with Crippen LogP contribution in [0.4, 0.5) is 0 Å². The molecule has 3 heteroatoms. The summed E-state index contributed by atoms with van der Waals surface area (Å²) in [6.07, 6.45) is 0. The van der Waals surface area contributed by atoms with E-state index >= 15 is 0 Å². The highest BCUT2D eigenvalue weighted by atomic mass is 16.3. The summed E-state index contributed by atoms with van der Waals surface area (Å²) in [7, 11) is 0. The van der Waals surface area contributed by atoms with Gasteiger partial charge >= 0.3 is 0 Å². The number of furan rings is 1. The molecule has 8 rings (SSSR count). The number of benzene rings is 5. The third-order valence-corrected chi connectivity index (χ3v) is 7.88. The van der Waals surface area contributed by atoms with Crippen molar-refractivity contribution in [1.82, 2.24) is 9.55 Å². The summed E-state index contributed by atoms with van der Waals surface area (Å²) < 4.78 is 9.12. The van der Waals surface area contributed by atoms with Crippen LogP contribution in [0.1, 0.15) is 26.3 Å². The standard InChI is InChI=1S/C34H26N2O/c1-34(2,3)20-13-14-22-23-16-18-28-31(33(23)37-29(22)19-20)25-15-17-27-30(24-11-7-8-12-26(24)35-27)32(25)36(28)21-9-5-4-6-10-21/h4-19,35H,1-3H3. The van der Waals surface area contributed by atoms with E-state index in [4.69, 9.17) is 4.42 Å². The van der Waals surface area contributed by atoms with Gasteiger partial charge in [0.1, 0.15) is 11.2 Å². The minimum atomic E-state index is 0.0623. The lowest BCUT2D eigenvalue weighted by Gasteiger charge is -2.18. The molecule has 178 valence electrons. The third-order valence-electron chi connectivity index (χ3n) is 7.88. The van der Waals surface area contributed by atoms with E-state index < -0.39 is 0 Å². The molecule has 0 aliphatic carbocycles. The van der Waals surface area contributed by atoms with Crippen molar-refractivity contribution in [3.05, 3.63) is 103 Å². The van der Waals surface area contributed by atoms with Crippen LogP contribution >= 0.6 is 0 Å². The lowest BCUT2D eigenvalue weighted by atomic mass is 9.87. The summed E-state index contributed by atoms with van der Waals surface area (Å²) in [6, 6.07) is 34.9. The number of aromatic amines is 1. The second-order valence-electron chi connectivity index (χ2n) is 11.1. The molecule has 1 N–H and O–H groups in total. The first kappa shape index (κ1) is 20.7.